The highest BCUT2D eigenvalue weighted by atomic mass is 19.1. The fourth-order valence-electron chi connectivity index (χ4n) is 5.40. The van der Waals surface area contributed by atoms with Crippen molar-refractivity contribution in [1.29, 1.82) is 0 Å². The maximum Gasteiger partial charge on any atom is 0.410 e. The smallest absolute Gasteiger partial charge is 0.410 e. The van der Waals surface area contributed by atoms with E-state index in [1.165, 1.54) is 7.11 Å². The maximum atomic E-state index is 16.3. The molecular weight excluding hydrogens is 509 g/mol. The second-order valence-electron chi connectivity index (χ2n) is 11.0. The van der Waals surface area contributed by atoms with E-state index in [4.69, 9.17) is 15.9 Å². The first-order valence-electron chi connectivity index (χ1n) is 13.2. The van der Waals surface area contributed by atoms with E-state index in [2.05, 4.69) is 20.9 Å². The molecular formula is C31H32FN5O3. The number of likely N-dealkylation sites (N-methyl/N-ethyl adjacent to an activating group) is 1. The first kappa shape index (κ1) is 27.1. The summed E-state index contributed by atoms with van der Waals surface area (Å²) in [5, 5.41) is 2.07. The molecule has 0 radical (unpaired) electrons. The number of amides is 1. The van der Waals surface area contributed by atoms with Crippen LogP contribution in [0.15, 0.2) is 42.6 Å². The van der Waals surface area contributed by atoms with Gasteiger partial charge in [0.15, 0.2) is 5.82 Å². The lowest BCUT2D eigenvalue weighted by Gasteiger charge is -2.33. The Balaban J connectivity index is 1.59. The number of carbonyl (C=O) groups is 1. The number of fused-ring (bicyclic) bond motifs is 2. The molecule has 1 saturated heterocycles. The van der Waals surface area contributed by atoms with Gasteiger partial charge in [-0.05, 0) is 45.6 Å². The molecule has 0 N–H and O–H groups in total. The van der Waals surface area contributed by atoms with Gasteiger partial charge in [0.05, 0.1) is 24.6 Å². The van der Waals surface area contributed by atoms with Crippen molar-refractivity contribution in [1.82, 2.24) is 19.9 Å². The molecule has 1 aliphatic heterocycles. The Morgan fingerprint density at radius 2 is 1.93 bits per heavy atom. The molecule has 40 heavy (non-hydrogen) atoms. The summed E-state index contributed by atoms with van der Waals surface area (Å²) in [7, 11) is 3.31. The van der Waals surface area contributed by atoms with Gasteiger partial charge in [-0.15, -0.1) is 6.42 Å². The SMILES string of the molecule is C#Cc1cccc2cccc(-c3ncc4c(N(C)C5CCN(C(=O)OC(C)(C)C)C5C)nc(OC)nc4c3F)c12. The highest BCUT2D eigenvalue weighted by Gasteiger charge is 2.39. The predicted octanol–water partition coefficient (Wildman–Crippen LogP) is 5.81. The van der Waals surface area contributed by atoms with Crippen LogP contribution in [0.2, 0.25) is 0 Å². The number of nitrogens with zero attached hydrogens (tertiary/aromatic N) is 5. The number of halogens is 1. The molecule has 1 amide bonds. The summed E-state index contributed by atoms with van der Waals surface area (Å²) >= 11 is 0. The highest BCUT2D eigenvalue weighted by molar-refractivity contribution is 6.02. The third-order valence-electron chi connectivity index (χ3n) is 7.32. The number of hydrogen-bond donors (Lipinski definition) is 0. The van der Waals surface area contributed by atoms with E-state index in [0.29, 0.717) is 35.3 Å². The van der Waals surface area contributed by atoms with Gasteiger partial charge < -0.3 is 19.3 Å². The van der Waals surface area contributed by atoms with Gasteiger partial charge >= 0.3 is 12.1 Å². The summed E-state index contributed by atoms with van der Waals surface area (Å²) in [6, 6.07) is 11.0. The van der Waals surface area contributed by atoms with Crippen LogP contribution in [0, 0.1) is 18.2 Å². The van der Waals surface area contributed by atoms with Gasteiger partial charge in [0, 0.05) is 36.3 Å². The van der Waals surface area contributed by atoms with Crippen LogP contribution in [0.3, 0.4) is 0 Å². The molecule has 0 aliphatic carbocycles. The number of carbonyl (C=O) groups excluding carboxylic acids is 1. The van der Waals surface area contributed by atoms with Gasteiger partial charge in [-0.1, -0.05) is 36.3 Å². The Labute approximate surface area is 233 Å². The topological polar surface area (TPSA) is 80.7 Å². The summed E-state index contributed by atoms with van der Waals surface area (Å²) < 4.78 is 27.3. The Bertz CT molecular complexity index is 1650. The maximum absolute atomic E-state index is 16.3. The van der Waals surface area contributed by atoms with Gasteiger partial charge in [0.25, 0.3) is 0 Å². The molecule has 0 bridgehead atoms. The van der Waals surface area contributed by atoms with Gasteiger partial charge in [-0.2, -0.15) is 9.97 Å². The largest absolute Gasteiger partial charge is 0.467 e. The van der Waals surface area contributed by atoms with E-state index in [0.717, 1.165) is 10.8 Å². The standard InChI is InChI=1S/C31H32FN5O3/c1-8-19-11-9-12-20-13-10-14-21(24(19)20)26-25(32)27-22(17-33-26)28(35-29(34-27)39-7)36(6)23-15-16-37(18(23)2)30(38)40-31(3,4)5/h1,9-14,17-18,23H,15-16H2,2-7H3. The first-order chi connectivity index (χ1) is 19.0. The normalized spacial score (nSPS) is 17.2. The van der Waals surface area contributed by atoms with Crippen molar-refractivity contribution in [2.45, 2.75) is 51.8 Å². The Morgan fingerprint density at radius 1 is 1.20 bits per heavy atom. The number of ether oxygens (including phenoxy) is 2. The average Bonchev–Trinajstić information content (AvgIpc) is 3.32. The number of rotatable bonds is 4. The van der Waals surface area contributed by atoms with Crippen LogP contribution < -0.4 is 9.64 Å². The number of benzene rings is 2. The van der Waals surface area contributed by atoms with Crippen LogP contribution in [0.4, 0.5) is 15.0 Å². The quantitative estimate of drug-likeness (QED) is 0.302. The number of terminal acetylenes is 1. The molecule has 0 spiro atoms. The van der Waals surface area contributed by atoms with Crippen molar-refractivity contribution < 1.29 is 18.7 Å². The molecule has 2 aromatic heterocycles. The molecule has 1 fully saturated rings. The average molecular weight is 542 g/mol. The lowest BCUT2D eigenvalue weighted by molar-refractivity contribution is 0.0233. The Kier molecular flexibility index (Phi) is 6.96. The number of methoxy groups -OCH3 is 1. The van der Waals surface area contributed by atoms with E-state index in [9.17, 15) is 4.79 Å². The third kappa shape index (κ3) is 4.75. The monoisotopic (exact) mass is 541 g/mol. The summed E-state index contributed by atoms with van der Waals surface area (Å²) in [6.07, 6.45) is 7.68. The lowest BCUT2D eigenvalue weighted by atomic mass is 9.97. The lowest BCUT2D eigenvalue weighted by Crippen LogP contribution is -2.45. The van der Waals surface area contributed by atoms with Crippen LogP contribution in [-0.4, -0.2) is 64.3 Å². The molecule has 206 valence electrons. The number of anilines is 1. The van der Waals surface area contributed by atoms with Gasteiger partial charge in [-0.3, -0.25) is 4.98 Å². The molecule has 4 aromatic rings. The second-order valence-corrected chi connectivity index (χ2v) is 11.0. The highest BCUT2D eigenvalue weighted by Crippen LogP contribution is 2.37. The van der Waals surface area contributed by atoms with Crippen molar-refractivity contribution >= 4 is 33.6 Å². The molecule has 5 rings (SSSR count). The van der Waals surface area contributed by atoms with Crippen LogP contribution in [0.25, 0.3) is 32.9 Å². The van der Waals surface area contributed by atoms with Gasteiger partial charge in [0.2, 0.25) is 0 Å². The van der Waals surface area contributed by atoms with Crippen LogP contribution in [0.1, 0.15) is 39.7 Å². The Hall–Kier alpha value is -4.45. The molecule has 2 atom stereocenters. The van der Waals surface area contributed by atoms with Crippen molar-refractivity contribution in [3.63, 3.8) is 0 Å². The zero-order chi connectivity index (χ0) is 28.8. The van der Waals surface area contributed by atoms with Gasteiger partial charge in [-0.25, -0.2) is 9.18 Å². The zero-order valence-corrected chi connectivity index (χ0v) is 23.5. The van der Waals surface area contributed by atoms with Crippen molar-refractivity contribution in [2.75, 3.05) is 25.6 Å². The third-order valence-corrected chi connectivity index (χ3v) is 7.32. The van der Waals surface area contributed by atoms with Gasteiger partial charge in [0.1, 0.15) is 22.6 Å². The summed E-state index contributed by atoms with van der Waals surface area (Å²) in [5.41, 5.74) is 0.863. The predicted molar refractivity (Wildman–Crippen MR) is 154 cm³/mol. The van der Waals surface area contributed by atoms with Crippen LogP contribution >= 0.6 is 0 Å². The van der Waals surface area contributed by atoms with E-state index in [1.807, 2.05) is 70.0 Å². The van der Waals surface area contributed by atoms with E-state index >= 15 is 4.39 Å². The van der Waals surface area contributed by atoms with E-state index in [-0.39, 0.29) is 35.4 Å². The van der Waals surface area contributed by atoms with Crippen molar-refractivity contribution in [2.24, 2.45) is 0 Å². The molecule has 3 heterocycles. The fraction of sp³-hybridized carbons (Fsp3) is 0.355. The molecule has 2 unspecified atom stereocenters. The fourth-order valence-corrected chi connectivity index (χ4v) is 5.40. The molecule has 9 heteroatoms. The molecule has 2 aromatic carbocycles. The van der Waals surface area contributed by atoms with Crippen LogP contribution in [-0.2, 0) is 4.74 Å². The summed E-state index contributed by atoms with van der Waals surface area (Å²) in [6.45, 7) is 8.03. The molecule has 8 nitrogen and oxygen atoms in total. The minimum absolute atomic E-state index is 0.0299. The molecule has 1 aliphatic rings. The van der Waals surface area contributed by atoms with Crippen LogP contribution in [0.5, 0.6) is 6.01 Å². The number of pyridine rings is 1. The summed E-state index contributed by atoms with van der Waals surface area (Å²) in [5.74, 6) is 2.57. The van der Waals surface area contributed by atoms with E-state index in [1.54, 1.807) is 17.2 Å². The number of aromatic nitrogens is 3. The minimum atomic E-state index is -0.595. The van der Waals surface area contributed by atoms with E-state index < -0.39 is 11.4 Å². The Morgan fingerprint density at radius 3 is 2.60 bits per heavy atom. The number of likely N-dealkylation sites (tertiary alicyclic amines) is 1. The number of hydrogen-bond acceptors (Lipinski definition) is 7. The zero-order valence-electron chi connectivity index (χ0n) is 23.5. The van der Waals surface area contributed by atoms with Crippen molar-refractivity contribution in [3.05, 3.63) is 54.0 Å². The second kappa shape index (κ2) is 10.3. The molecule has 0 saturated carbocycles. The van der Waals surface area contributed by atoms with Crippen molar-refractivity contribution in [3.8, 4) is 29.6 Å². The minimum Gasteiger partial charge on any atom is -0.467 e. The first-order valence-corrected chi connectivity index (χ1v) is 13.2. The summed E-state index contributed by atoms with van der Waals surface area (Å²) in [4.78, 5) is 30.0.